The molecule has 1 N–H and O–H groups in total. The summed E-state index contributed by atoms with van der Waals surface area (Å²) in [5.41, 5.74) is 2.84. The lowest BCUT2D eigenvalue weighted by molar-refractivity contribution is 0.0695. The van der Waals surface area contributed by atoms with Gasteiger partial charge in [0.1, 0.15) is 5.75 Å². The molecule has 0 fully saturated rings. The number of carboxylic acids is 1. The summed E-state index contributed by atoms with van der Waals surface area (Å²) in [6.07, 6.45) is 0. The first-order valence-electron chi connectivity index (χ1n) is 6.88. The summed E-state index contributed by atoms with van der Waals surface area (Å²) in [5.74, 6) is 0.523. The van der Waals surface area contributed by atoms with Gasteiger partial charge in [-0.1, -0.05) is 26.0 Å². The number of rotatable bonds is 4. The van der Waals surface area contributed by atoms with Crippen LogP contribution in [0, 0.1) is 13.8 Å². The molecule has 0 aliphatic rings. The van der Waals surface area contributed by atoms with Gasteiger partial charge in [0.25, 0.3) is 0 Å². The van der Waals surface area contributed by atoms with E-state index in [1.54, 1.807) is 13.0 Å². The lowest BCUT2D eigenvalue weighted by Gasteiger charge is -2.14. The SMILES string of the molecule is Cc1ccc(C(C)C)c(Oc2ccc(C(=O)O)c(C)n2)c1. The first kappa shape index (κ1) is 15.0. The van der Waals surface area contributed by atoms with Gasteiger partial charge in [-0.2, -0.15) is 0 Å². The van der Waals surface area contributed by atoms with Crippen molar-refractivity contribution in [3.05, 3.63) is 52.7 Å². The minimum Gasteiger partial charge on any atom is -0.478 e. The number of aryl methyl sites for hydroxylation is 2. The van der Waals surface area contributed by atoms with E-state index in [9.17, 15) is 4.79 Å². The van der Waals surface area contributed by atoms with Crippen LogP contribution in [0.5, 0.6) is 11.6 Å². The standard InChI is InChI=1S/C17H19NO3/c1-10(2)13-6-5-11(3)9-15(13)21-16-8-7-14(17(19)20)12(4)18-16/h5-10H,1-4H3,(H,19,20). The smallest absolute Gasteiger partial charge is 0.337 e. The average molecular weight is 285 g/mol. The number of hydrogen-bond donors (Lipinski definition) is 1. The van der Waals surface area contributed by atoms with Crippen LogP contribution in [0.15, 0.2) is 30.3 Å². The highest BCUT2D eigenvalue weighted by atomic mass is 16.5. The molecule has 0 saturated carbocycles. The Hall–Kier alpha value is -2.36. The largest absolute Gasteiger partial charge is 0.478 e. The Morgan fingerprint density at radius 1 is 1.19 bits per heavy atom. The molecule has 1 aromatic carbocycles. The van der Waals surface area contributed by atoms with Gasteiger partial charge in [-0.3, -0.25) is 0 Å². The topological polar surface area (TPSA) is 59.4 Å². The summed E-state index contributed by atoms with van der Waals surface area (Å²) in [7, 11) is 0. The van der Waals surface area contributed by atoms with Gasteiger partial charge < -0.3 is 9.84 Å². The minimum absolute atomic E-state index is 0.190. The number of aromatic carboxylic acids is 1. The zero-order valence-corrected chi connectivity index (χ0v) is 12.7. The minimum atomic E-state index is -0.982. The van der Waals surface area contributed by atoms with Crippen molar-refractivity contribution in [2.75, 3.05) is 0 Å². The first-order valence-corrected chi connectivity index (χ1v) is 6.88. The summed E-state index contributed by atoms with van der Waals surface area (Å²) >= 11 is 0. The van der Waals surface area contributed by atoms with Crippen molar-refractivity contribution < 1.29 is 14.6 Å². The van der Waals surface area contributed by atoms with Gasteiger partial charge in [-0.05, 0) is 43.0 Å². The molecule has 2 rings (SSSR count). The molecule has 0 radical (unpaired) electrons. The molecular weight excluding hydrogens is 266 g/mol. The maximum absolute atomic E-state index is 11.0. The number of hydrogen-bond acceptors (Lipinski definition) is 3. The highest BCUT2D eigenvalue weighted by Crippen LogP contribution is 2.31. The van der Waals surface area contributed by atoms with E-state index < -0.39 is 5.97 Å². The van der Waals surface area contributed by atoms with Crippen LogP contribution in [0.1, 0.15) is 46.9 Å². The molecule has 4 heteroatoms. The molecule has 2 aromatic rings. The Morgan fingerprint density at radius 2 is 1.90 bits per heavy atom. The Balaban J connectivity index is 2.36. The molecule has 0 saturated heterocycles. The van der Waals surface area contributed by atoms with E-state index in [1.165, 1.54) is 6.07 Å². The van der Waals surface area contributed by atoms with Crippen LogP contribution in [-0.2, 0) is 0 Å². The van der Waals surface area contributed by atoms with Crippen molar-refractivity contribution in [2.45, 2.75) is 33.6 Å². The van der Waals surface area contributed by atoms with Gasteiger partial charge in [0, 0.05) is 6.07 Å². The number of carbonyl (C=O) groups is 1. The van der Waals surface area contributed by atoms with Crippen LogP contribution in [-0.4, -0.2) is 16.1 Å². The fourth-order valence-electron chi connectivity index (χ4n) is 2.14. The maximum atomic E-state index is 11.0. The molecule has 110 valence electrons. The van der Waals surface area contributed by atoms with Gasteiger partial charge in [-0.15, -0.1) is 0 Å². The number of ether oxygens (including phenoxy) is 1. The molecule has 0 unspecified atom stereocenters. The van der Waals surface area contributed by atoms with E-state index in [0.29, 0.717) is 17.5 Å². The summed E-state index contributed by atoms with van der Waals surface area (Å²) in [6, 6.07) is 9.17. The van der Waals surface area contributed by atoms with E-state index in [1.807, 2.05) is 25.1 Å². The normalized spacial score (nSPS) is 10.7. The second kappa shape index (κ2) is 5.95. The number of carboxylic acid groups (broad SMARTS) is 1. The molecule has 4 nitrogen and oxygen atoms in total. The molecular formula is C17H19NO3. The molecule has 0 bridgehead atoms. The predicted molar refractivity (Wildman–Crippen MR) is 81.3 cm³/mol. The molecule has 0 aliphatic heterocycles. The average Bonchev–Trinajstić information content (AvgIpc) is 2.37. The van der Waals surface area contributed by atoms with Crippen LogP contribution >= 0.6 is 0 Å². The van der Waals surface area contributed by atoms with E-state index in [2.05, 4.69) is 18.8 Å². The molecule has 1 heterocycles. The van der Waals surface area contributed by atoms with Gasteiger partial charge in [0.15, 0.2) is 0 Å². The molecule has 21 heavy (non-hydrogen) atoms. The van der Waals surface area contributed by atoms with E-state index in [-0.39, 0.29) is 5.56 Å². The Bertz CT molecular complexity index is 678. The van der Waals surface area contributed by atoms with E-state index in [0.717, 1.165) is 16.9 Å². The van der Waals surface area contributed by atoms with Crippen molar-refractivity contribution in [3.63, 3.8) is 0 Å². The lowest BCUT2D eigenvalue weighted by Crippen LogP contribution is -2.03. The summed E-state index contributed by atoms with van der Waals surface area (Å²) in [5, 5.41) is 9.02. The molecule has 0 aliphatic carbocycles. The highest BCUT2D eigenvalue weighted by molar-refractivity contribution is 5.88. The zero-order chi connectivity index (χ0) is 15.6. The van der Waals surface area contributed by atoms with Gasteiger partial charge in [0.2, 0.25) is 5.88 Å². The predicted octanol–water partition coefficient (Wildman–Crippen LogP) is 4.31. The van der Waals surface area contributed by atoms with Gasteiger partial charge in [-0.25, -0.2) is 9.78 Å². The highest BCUT2D eigenvalue weighted by Gasteiger charge is 2.12. The Kier molecular flexibility index (Phi) is 4.26. The van der Waals surface area contributed by atoms with Crippen molar-refractivity contribution in [1.82, 2.24) is 4.98 Å². The lowest BCUT2D eigenvalue weighted by atomic mass is 10.0. The third kappa shape index (κ3) is 3.40. The number of aromatic nitrogens is 1. The summed E-state index contributed by atoms with van der Waals surface area (Å²) < 4.78 is 5.86. The summed E-state index contributed by atoms with van der Waals surface area (Å²) in [6.45, 7) is 7.87. The van der Waals surface area contributed by atoms with Crippen LogP contribution in [0.3, 0.4) is 0 Å². The molecule has 0 atom stereocenters. The quantitative estimate of drug-likeness (QED) is 0.909. The fourth-order valence-corrected chi connectivity index (χ4v) is 2.14. The summed E-state index contributed by atoms with van der Waals surface area (Å²) in [4.78, 5) is 15.2. The van der Waals surface area contributed by atoms with Gasteiger partial charge >= 0.3 is 5.97 Å². The van der Waals surface area contributed by atoms with Crippen LogP contribution in [0.25, 0.3) is 0 Å². The second-order valence-electron chi connectivity index (χ2n) is 5.39. The third-order valence-corrected chi connectivity index (χ3v) is 3.30. The molecule has 0 spiro atoms. The maximum Gasteiger partial charge on any atom is 0.337 e. The van der Waals surface area contributed by atoms with E-state index in [4.69, 9.17) is 9.84 Å². The number of nitrogens with zero attached hydrogens (tertiary/aromatic N) is 1. The molecule has 1 aromatic heterocycles. The monoisotopic (exact) mass is 285 g/mol. The number of pyridine rings is 1. The van der Waals surface area contributed by atoms with Crippen molar-refractivity contribution in [3.8, 4) is 11.6 Å². The third-order valence-electron chi connectivity index (χ3n) is 3.30. The zero-order valence-electron chi connectivity index (χ0n) is 12.7. The van der Waals surface area contributed by atoms with Crippen molar-refractivity contribution in [2.24, 2.45) is 0 Å². The fraction of sp³-hybridized carbons (Fsp3) is 0.294. The first-order chi connectivity index (χ1) is 9.88. The number of benzene rings is 1. The van der Waals surface area contributed by atoms with Crippen molar-refractivity contribution >= 4 is 5.97 Å². The second-order valence-corrected chi connectivity index (χ2v) is 5.39. The van der Waals surface area contributed by atoms with Gasteiger partial charge in [0.05, 0.1) is 11.3 Å². The van der Waals surface area contributed by atoms with Crippen LogP contribution in [0.4, 0.5) is 0 Å². The van der Waals surface area contributed by atoms with Crippen LogP contribution < -0.4 is 4.74 Å². The van der Waals surface area contributed by atoms with Crippen LogP contribution in [0.2, 0.25) is 0 Å². The molecule has 0 amide bonds. The van der Waals surface area contributed by atoms with E-state index >= 15 is 0 Å². The van der Waals surface area contributed by atoms with Crippen molar-refractivity contribution in [1.29, 1.82) is 0 Å². The Morgan fingerprint density at radius 3 is 2.48 bits per heavy atom. The Labute approximate surface area is 124 Å².